The Bertz CT molecular complexity index is 588. The van der Waals surface area contributed by atoms with Crippen LogP contribution in [0.3, 0.4) is 0 Å². The predicted octanol–water partition coefficient (Wildman–Crippen LogP) is 1.41. The van der Waals surface area contributed by atoms with Crippen LogP contribution < -0.4 is 0 Å². The lowest BCUT2D eigenvalue weighted by atomic mass is 9.72. The van der Waals surface area contributed by atoms with Gasteiger partial charge in [-0.25, -0.2) is 4.98 Å². The summed E-state index contributed by atoms with van der Waals surface area (Å²) in [7, 11) is 0. The van der Waals surface area contributed by atoms with E-state index in [4.69, 9.17) is 0 Å². The van der Waals surface area contributed by atoms with Gasteiger partial charge in [-0.05, 0) is 50.6 Å². The smallest absolute Gasteiger partial charge is 0.222 e. The van der Waals surface area contributed by atoms with Crippen LogP contribution in [0.5, 0.6) is 0 Å². The van der Waals surface area contributed by atoms with Crippen molar-refractivity contribution >= 4 is 5.91 Å². The molecule has 0 bridgehead atoms. The van der Waals surface area contributed by atoms with E-state index in [1.807, 2.05) is 11.1 Å². The van der Waals surface area contributed by atoms with Crippen molar-refractivity contribution in [3.63, 3.8) is 0 Å². The van der Waals surface area contributed by atoms with Crippen molar-refractivity contribution < 1.29 is 9.90 Å². The molecule has 3 fully saturated rings. The summed E-state index contributed by atoms with van der Waals surface area (Å²) in [6.45, 7) is 4.49. The number of likely N-dealkylation sites (tertiary alicyclic amines) is 2. The number of β-amino-alcohol motifs (C(OH)–C–C–N with tert-alkyl or cyclic N) is 1. The molecule has 3 heterocycles. The summed E-state index contributed by atoms with van der Waals surface area (Å²) >= 11 is 0. The first-order valence-corrected chi connectivity index (χ1v) is 9.32. The molecule has 6 nitrogen and oxygen atoms in total. The molecule has 1 aromatic heterocycles. The van der Waals surface area contributed by atoms with Gasteiger partial charge in [0.05, 0.1) is 13.2 Å². The fourth-order valence-corrected chi connectivity index (χ4v) is 4.37. The molecule has 6 heteroatoms. The Morgan fingerprint density at radius 2 is 2.04 bits per heavy atom. The fourth-order valence-electron chi connectivity index (χ4n) is 4.37. The summed E-state index contributed by atoms with van der Waals surface area (Å²) in [6, 6.07) is 0.690. The van der Waals surface area contributed by atoms with Gasteiger partial charge in [0.25, 0.3) is 0 Å². The van der Waals surface area contributed by atoms with E-state index in [0.717, 1.165) is 45.4 Å². The lowest BCUT2D eigenvalue weighted by Gasteiger charge is -2.47. The van der Waals surface area contributed by atoms with E-state index in [0.29, 0.717) is 19.0 Å². The first-order valence-electron chi connectivity index (χ1n) is 9.32. The van der Waals surface area contributed by atoms with E-state index in [9.17, 15) is 9.90 Å². The van der Waals surface area contributed by atoms with Crippen molar-refractivity contribution in [1.82, 2.24) is 19.4 Å². The molecule has 1 aromatic rings. The largest absolute Gasteiger partial charge is 0.395 e. The van der Waals surface area contributed by atoms with Crippen LogP contribution in [0.25, 0.3) is 0 Å². The summed E-state index contributed by atoms with van der Waals surface area (Å²) in [5, 5.41) is 9.17. The fraction of sp³-hybridized carbons (Fsp3) is 0.778. The number of aromatic nitrogens is 2. The van der Waals surface area contributed by atoms with Gasteiger partial charge in [-0.15, -0.1) is 0 Å². The maximum Gasteiger partial charge on any atom is 0.222 e. The van der Waals surface area contributed by atoms with E-state index in [1.165, 1.54) is 18.7 Å². The molecule has 24 heavy (non-hydrogen) atoms. The van der Waals surface area contributed by atoms with Crippen molar-refractivity contribution in [1.29, 1.82) is 0 Å². The van der Waals surface area contributed by atoms with Crippen LogP contribution in [0.4, 0.5) is 0 Å². The zero-order valence-electron chi connectivity index (χ0n) is 14.4. The third kappa shape index (κ3) is 3.22. The molecular formula is C18H28N4O2. The number of hydrogen-bond donors (Lipinski definition) is 1. The van der Waals surface area contributed by atoms with E-state index in [2.05, 4.69) is 20.6 Å². The highest BCUT2D eigenvalue weighted by Crippen LogP contribution is 2.41. The third-order valence-corrected chi connectivity index (χ3v) is 6.09. The van der Waals surface area contributed by atoms with Crippen molar-refractivity contribution in [2.75, 3.05) is 32.8 Å². The zero-order chi connectivity index (χ0) is 16.6. The molecule has 0 aromatic carbocycles. The molecule has 1 amide bonds. The van der Waals surface area contributed by atoms with Crippen LogP contribution in [0.2, 0.25) is 0 Å². The van der Waals surface area contributed by atoms with Gasteiger partial charge in [-0.3, -0.25) is 9.69 Å². The minimum atomic E-state index is 0.0672. The summed E-state index contributed by atoms with van der Waals surface area (Å²) in [5.74, 6) is 1.41. The topological polar surface area (TPSA) is 61.6 Å². The Labute approximate surface area is 143 Å². The molecule has 0 radical (unpaired) electrons. The average molecular weight is 332 g/mol. The summed E-state index contributed by atoms with van der Waals surface area (Å²) in [6.07, 6.45) is 10.6. The van der Waals surface area contributed by atoms with Crippen molar-refractivity contribution in [3.8, 4) is 0 Å². The minimum Gasteiger partial charge on any atom is -0.395 e. The standard InChI is InChI=1S/C18H28N4O2/c23-12-11-21-14-18(4-3-17(21)24)5-8-20(9-6-18)13-16-19-7-10-22(16)15-1-2-15/h7,10,15,23H,1-6,8-9,11-14H2. The van der Waals surface area contributed by atoms with Gasteiger partial charge in [0.1, 0.15) is 5.82 Å². The van der Waals surface area contributed by atoms with Gasteiger partial charge in [0.2, 0.25) is 5.91 Å². The molecule has 0 atom stereocenters. The first-order chi connectivity index (χ1) is 11.7. The summed E-state index contributed by atoms with van der Waals surface area (Å²) in [4.78, 5) is 20.9. The quantitative estimate of drug-likeness (QED) is 0.886. The monoisotopic (exact) mass is 332 g/mol. The number of aliphatic hydroxyl groups is 1. The Balaban J connectivity index is 1.34. The molecular weight excluding hydrogens is 304 g/mol. The van der Waals surface area contributed by atoms with Crippen LogP contribution in [-0.4, -0.2) is 63.2 Å². The van der Waals surface area contributed by atoms with Crippen LogP contribution >= 0.6 is 0 Å². The Kier molecular flexibility index (Phi) is 4.35. The number of piperidine rings is 2. The number of carbonyl (C=O) groups is 1. The Morgan fingerprint density at radius 3 is 2.75 bits per heavy atom. The highest BCUT2D eigenvalue weighted by atomic mass is 16.3. The van der Waals surface area contributed by atoms with E-state index in [1.54, 1.807) is 0 Å². The Morgan fingerprint density at radius 1 is 1.25 bits per heavy atom. The molecule has 3 aliphatic rings. The molecule has 1 spiro atoms. The molecule has 4 rings (SSSR count). The normalized spacial score (nSPS) is 24.7. The SMILES string of the molecule is O=C1CCC2(CCN(Cc3nccn3C3CC3)CC2)CN1CCO. The van der Waals surface area contributed by atoms with Gasteiger partial charge in [0, 0.05) is 37.9 Å². The molecule has 132 valence electrons. The van der Waals surface area contributed by atoms with Gasteiger partial charge < -0.3 is 14.6 Å². The number of carbonyl (C=O) groups excluding carboxylic acids is 1. The lowest BCUT2D eigenvalue weighted by Crippen LogP contribution is -2.52. The zero-order valence-corrected chi connectivity index (χ0v) is 14.4. The number of aliphatic hydroxyl groups excluding tert-OH is 1. The summed E-state index contributed by atoms with van der Waals surface area (Å²) in [5.41, 5.74) is 0.269. The molecule has 0 unspecified atom stereocenters. The van der Waals surface area contributed by atoms with Crippen LogP contribution in [0, 0.1) is 5.41 Å². The summed E-state index contributed by atoms with van der Waals surface area (Å²) < 4.78 is 2.35. The van der Waals surface area contributed by atoms with E-state index >= 15 is 0 Å². The third-order valence-electron chi connectivity index (χ3n) is 6.09. The number of rotatable bonds is 5. The van der Waals surface area contributed by atoms with E-state index in [-0.39, 0.29) is 17.9 Å². The van der Waals surface area contributed by atoms with Gasteiger partial charge in [-0.2, -0.15) is 0 Å². The second-order valence-corrected chi connectivity index (χ2v) is 7.80. The van der Waals surface area contributed by atoms with Crippen molar-refractivity contribution in [3.05, 3.63) is 18.2 Å². The lowest BCUT2D eigenvalue weighted by molar-refractivity contribution is -0.139. The molecule has 2 saturated heterocycles. The van der Waals surface area contributed by atoms with E-state index < -0.39 is 0 Å². The number of amides is 1. The highest BCUT2D eigenvalue weighted by Gasteiger charge is 2.40. The van der Waals surface area contributed by atoms with Gasteiger partial charge >= 0.3 is 0 Å². The molecule has 1 N–H and O–H groups in total. The van der Waals surface area contributed by atoms with Crippen LogP contribution in [0.1, 0.15) is 50.4 Å². The highest BCUT2D eigenvalue weighted by molar-refractivity contribution is 5.77. The second kappa shape index (κ2) is 6.48. The number of nitrogens with zero attached hydrogens (tertiary/aromatic N) is 4. The number of imidazole rings is 1. The van der Waals surface area contributed by atoms with Gasteiger partial charge in [0.15, 0.2) is 0 Å². The van der Waals surface area contributed by atoms with Crippen molar-refractivity contribution in [2.24, 2.45) is 5.41 Å². The van der Waals surface area contributed by atoms with Crippen LogP contribution in [0.15, 0.2) is 12.4 Å². The average Bonchev–Trinajstić information content (AvgIpc) is 3.33. The second-order valence-electron chi connectivity index (χ2n) is 7.80. The first kappa shape index (κ1) is 16.1. The Hall–Kier alpha value is -1.40. The maximum atomic E-state index is 12.0. The molecule has 1 saturated carbocycles. The van der Waals surface area contributed by atoms with Crippen LogP contribution in [-0.2, 0) is 11.3 Å². The minimum absolute atomic E-state index is 0.0672. The molecule has 1 aliphatic carbocycles. The van der Waals surface area contributed by atoms with Crippen molar-refractivity contribution in [2.45, 2.75) is 51.1 Å². The van der Waals surface area contributed by atoms with Gasteiger partial charge in [-0.1, -0.05) is 0 Å². The predicted molar refractivity (Wildman–Crippen MR) is 90.3 cm³/mol. The number of hydrogen-bond acceptors (Lipinski definition) is 4. The molecule has 2 aliphatic heterocycles. The maximum absolute atomic E-state index is 12.0.